The molecule has 52 heavy (non-hydrogen) atoms. The molecule has 0 saturated heterocycles. The quantitative estimate of drug-likeness (QED) is 0.0229. The number of hydrogen-bond donors (Lipinski definition) is 12. The summed E-state index contributed by atoms with van der Waals surface area (Å²) in [6, 6.07) is -7.69. The van der Waals surface area contributed by atoms with Crippen molar-refractivity contribution in [1.82, 2.24) is 26.6 Å². The number of carbonyl (C=O) groups is 7. The van der Waals surface area contributed by atoms with Crippen LogP contribution < -0.4 is 55.3 Å². The van der Waals surface area contributed by atoms with Gasteiger partial charge in [0.25, 0.3) is 0 Å². The molecule has 0 saturated carbocycles. The summed E-state index contributed by atoms with van der Waals surface area (Å²) in [5.41, 5.74) is 27.1. The molecule has 0 bridgehead atoms. The summed E-state index contributed by atoms with van der Waals surface area (Å²) in [6.07, 6.45) is 2.17. The summed E-state index contributed by atoms with van der Waals surface area (Å²) in [4.78, 5) is 96.7. The monoisotopic (exact) mass is 760 g/mol. The number of nitrogens with two attached hydrogens (primary N) is 5. The second kappa shape index (κ2) is 25.2. The maximum Gasteiger partial charge on any atom is 0.326 e. The van der Waals surface area contributed by atoms with Crippen molar-refractivity contribution in [2.75, 3.05) is 25.1 Å². The van der Waals surface area contributed by atoms with Gasteiger partial charge in [-0.3, -0.25) is 38.8 Å². The topological polar surface area (TPSA) is 375 Å². The molecule has 0 rings (SSSR count). The smallest absolute Gasteiger partial charge is 0.326 e. The summed E-state index contributed by atoms with van der Waals surface area (Å²) >= 11 is 1.39. The first-order valence-electron chi connectivity index (χ1n) is 16.7. The molecule has 0 aromatic heterocycles. The van der Waals surface area contributed by atoms with E-state index >= 15 is 0 Å². The van der Waals surface area contributed by atoms with Crippen molar-refractivity contribution in [3.05, 3.63) is 0 Å². The molecule has 0 radical (unpaired) electrons. The van der Waals surface area contributed by atoms with Gasteiger partial charge in [-0.15, -0.1) is 0 Å². The fraction of sp³-hybridized carbons (Fsp3) is 0.700. The number of hydrogen-bond acceptors (Lipinski definition) is 11. The van der Waals surface area contributed by atoms with E-state index in [2.05, 4.69) is 36.6 Å². The molecule has 0 aromatic rings. The third-order valence-electron chi connectivity index (χ3n) is 7.66. The minimum atomic E-state index is -1.60. The third kappa shape index (κ3) is 19.5. The minimum Gasteiger partial charge on any atom is -0.481 e. The SMILES string of the molecule is CC[C@H](C)[C@H](NC(=O)[C@H](CC(=O)O)NC(=O)[C@@H](N)CCCN=C(N)N)C(=O)N[C@@H](C)C(=O)N[C@@H](CCCN=C(N)N)C(=O)N[C@@H](CCSC)C(=O)O. The van der Waals surface area contributed by atoms with E-state index in [1.165, 1.54) is 18.7 Å². The number of aliphatic imine (C=N–C) groups is 2. The zero-order valence-corrected chi connectivity index (χ0v) is 30.9. The van der Waals surface area contributed by atoms with Crippen LogP contribution in [0.15, 0.2) is 9.98 Å². The van der Waals surface area contributed by atoms with Gasteiger partial charge < -0.3 is 65.5 Å². The second-order valence-corrected chi connectivity index (χ2v) is 13.0. The normalized spacial score (nSPS) is 14.8. The molecule has 0 aliphatic heterocycles. The number of guanidine groups is 2. The lowest BCUT2D eigenvalue weighted by Gasteiger charge is -2.28. The highest BCUT2D eigenvalue weighted by Crippen LogP contribution is 2.11. The van der Waals surface area contributed by atoms with E-state index in [0.29, 0.717) is 18.6 Å². The van der Waals surface area contributed by atoms with Crippen molar-refractivity contribution in [3.8, 4) is 0 Å². The fourth-order valence-electron chi connectivity index (χ4n) is 4.47. The second-order valence-electron chi connectivity index (χ2n) is 12.0. The van der Waals surface area contributed by atoms with Crippen molar-refractivity contribution in [2.24, 2.45) is 44.6 Å². The molecule has 0 aliphatic carbocycles. The lowest BCUT2D eigenvalue weighted by molar-refractivity contribution is -0.142. The summed E-state index contributed by atoms with van der Waals surface area (Å²) in [5, 5.41) is 31.2. The molecular formula is C30H56N12O9S. The molecular weight excluding hydrogens is 704 g/mol. The van der Waals surface area contributed by atoms with Gasteiger partial charge in [-0.05, 0) is 57.0 Å². The van der Waals surface area contributed by atoms with Crippen molar-refractivity contribution in [1.29, 1.82) is 0 Å². The van der Waals surface area contributed by atoms with Gasteiger partial charge in [-0.1, -0.05) is 20.3 Å². The van der Waals surface area contributed by atoms with Gasteiger partial charge in [0.2, 0.25) is 29.5 Å². The van der Waals surface area contributed by atoms with Crippen LogP contribution in [0.25, 0.3) is 0 Å². The number of carboxylic acids is 2. The van der Waals surface area contributed by atoms with Gasteiger partial charge in [0.15, 0.2) is 11.9 Å². The Bertz CT molecular complexity index is 1280. The number of nitrogens with one attached hydrogen (secondary N) is 5. The van der Waals surface area contributed by atoms with Gasteiger partial charge in [0.05, 0.1) is 12.5 Å². The lowest BCUT2D eigenvalue weighted by atomic mass is 9.97. The van der Waals surface area contributed by atoms with Crippen molar-refractivity contribution < 1.29 is 43.8 Å². The maximum atomic E-state index is 13.4. The summed E-state index contributed by atoms with van der Waals surface area (Å²) in [7, 11) is 0. The molecule has 0 fully saturated rings. The Morgan fingerprint density at radius 2 is 1.19 bits per heavy atom. The highest BCUT2D eigenvalue weighted by molar-refractivity contribution is 7.98. The molecule has 22 heteroatoms. The highest BCUT2D eigenvalue weighted by atomic mass is 32.2. The first-order chi connectivity index (χ1) is 24.3. The predicted octanol–water partition coefficient (Wildman–Crippen LogP) is -3.78. The maximum absolute atomic E-state index is 13.4. The van der Waals surface area contributed by atoms with Crippen LogP contribution >= 0.6 is 11.8 Å². The fourth-order valence-corrected chi connectivity index (χ4v) is 4.94. The molecule has 0 heterocycles. The van der Waals surface area contributed by atoms with Crippen LogP contribution in [0.2, 0.25) is 0 Å². The lowest BCUT2D eigenvalue weighted by Crippen LogP contribution is -2.60. The number of carbonyl (C=O) groups excluding carboxylic acids is 5. The first-order valence-corrected chi connectivity index (χ1v) is 18.0. The molecule has 17 N–H and O–H groups in total. The summed E-state index contributed by atoms with van der Waals surface area (Å²) < 4.78 is 0. The largest absolute Gasteiger partial charge is 0.481 e. The number of rotatable bonds is 26. The van der Waals surface area contributed by atoms with Crippen LogP contribution in [-0.2, 0) is 33.6 Å². The molecule has 0 aliphatic rings. The number of nitrogens with zero attached hydrogens (tertiary/aromatic N) is 2. The summed E-state index contributed by atoms with van der Waals surface area (Å²) in [6.45, 7) is 5.02. The Kier molecular flexibility index (Phi) is 22.8. The van der Waals surface area contributed by atoms with E-state index < -0.39 is 90.1 Å². The molecule has 0 aromatic carbocycles. The average Bonchev–Trinajstić information content (AvgIpc) is 3.06. The third-order valence-corrected chi connectivity index (χ3v) is 8.31. The van der Waals surface area contributed by atoms with Crippen LogP contribution in [-0.4, -0.2) is 125 Å². The Labute approximate surface area is 306 Å². The van der Waals surface area contributed by atoms with Gasteiger partial charge in [-0.25, -0.2) is 4.79 Å². The Morgan fingerprint density at radius 1 is 0.673 bits per heavy atom. The van der Waals surface area contributed by atoms with Crippen LogP contribution in [0.4, 0.5) is 0 Å². The van der Waals surface area contributed by atoms with E-state index in [1.807, 2.05) is 0 Å². The van der Waals surface area contributed by atoms with Crippen LogP contribution in [0.5, 0.6) is 0 Å². The van der Waals surface area contributed by atoms with E-state index in [9.17, 15) is 43.8 Å². The van der Waals surface area contributed by atoms with E-state index in [1.54, 1.807) is 20.1 Å². The molecule has 7 atom stereocenters. The zero-order chi connectivity index (χ0) is 40.0. The Morgan fingerprint density at radius 3 is 1.69 bits per heavy atom. The standard InChI is InChI=1S/C30H56N12O9S/c1-5-15(2)22(42-26(48)20(14-21(43)44)41-24(46)17(31)8-6-11-36-29(32)33)27(49)38-16(3)23(45)39-18(9-7-12-37-30(34)35)25(47)40-19(28(50)51)10-13-52-4/h15-20,22H,5-14,31H2,1-4H3,(H,38,49)(H,39,45)(H,40,47)(H,41,46)(H,42,48)(H,43,44)(H,50,51)(H4,32,33,36)(H4,34,35,37)/t15-,16-,17-,18-,19-,20-,22-/m0/s1. The molecule has 0 unspecified atom stereocenters. The zero-order valence-electron chi connectivity index (χ0n) is 30.1. The number of carboxylic acid groups (broad SMARTS) is 2. The van der Waals surface area contributed by atoms with E-state index in [0.717, 1.165) is 0 Å². The van der Waals surface area contributed by atoms with Crippen molar-refractivity contribution >= 4 is 65.2 Å². The van der Waals surface area contributed by atoms with Gasteiger partial charge >= 0.3 is 11.9 Å². The Balaban J connectivity index is 5.84. The Hall–Kier alpha value is -4.86. The van der Waals surface area contributed by atoms with Gasteiger partial charge in [-0.2, -0.15) is 11.8 Å². The highest BCUT2D eigenvalue weighted by Gasteiger charge is 2.34. The van der Waals surface area contributed by atoms with Crippen LogP contribution in [0.3, 0.4) is 0 Å². The summed E-state index contributed by atoms with van der Waals surface area (Å²) in [5.74, 6) is -7.21. The van der Waals surface area contributed by atoms with Crippen LogP contribution in [0, 0.1) is 5.92 Å². The van der Waals surface area contributed by atoms with Gasteiger partial charge in [0.1, 0.15) is 30.2 Å². The average molecular weight is 761 g/mol. The number of amides is 5. The predicted molar refractivity (Wildman–Crippen MR) is 195 cm³/mol. The van der Waals surface area contributed by atoms with E-state index in [-0.39, 0.29) is 50.7 Å². The van der Waals surface area contributed by atoms with Crippen molar-refractivity contribution in [3.63, 3.8) is 0 Å². The molecule has 21 nitrogen and oxygen atoms in total. The minimum absolute atomic E-state index is 0.0199. The van der Waals surface area contributed by atoms with Crippen molar-refractivity contribution in [2.45, 2.75) is 102 Å². The molecule has 0 spiro atoms. The first kappa shape index (κ1) is 47.1. The number of thioether (sulfide) groups is 1. The molecule has 5 amide bonds. The number of aliphatic carboxylic acids is 2. The van der Waals surface area contributed by atoms with Gasteiger partial charge in [0, 0.05) is 13.1 Å². The van der Waals surface area contributed by atoms with E-state index in [4.69, 9.17) is 28.7 Å². The molecule has 296 valence electrons. The van der Waals surface area contributed by atoms with Crippen LogP contribution in [0.1, 0.15) is 65.7 Å².